The van der Waals surface area contributed by atoms with Crippen molar-refractivity contribution < 1.29 is 18.4 Å². The van der Waals surface area contributed by atoms with E-state index in [1.54, 1.807) is 29.6 Å². The maximum absolute atomic E-state index is 13.9. The van der Waals surface area contributed by atoms with Gasteiger partial charge in [-0.15, -0.1) is 0 Å². The number of amides is 2. The van der Waals surface area contributed by atoms with Crippen LogP contribution >= 0.6 is 0 Å². The third kappa shape index (κ3) is 5.12. The van der Waals surface area contributed by atoms with Gasteiger partial charge < -0.3 is 14.6 Å². The molecule has 0 saturated carbocycles. The second kappa shape index (κ2) is 9.89. The molecule has 1 aliphatic rings. The Morgan fingerprint density at radius 2 is 1.91 bits per heavy atom. The Kier molecular flexibility index (Phi) is 6.78. The molecule has 0 spiro atoms. The number of nitrogens with zero attached hydrogens (tertiary/aromatic N) is 3. The van der Waals surface area contributed by atoms with E-state index < -0.39 is 17.5 Å². The van der Waals surface area contributed by atoms with Crippen molar-refractivity contribution in [1.82, 2.24) is 19.6 Å². The van der Waals surface area contributed by atoms with Crippen molar-refractivity contribution in [2.24, 2.45) is 5.92 Å². The van der Waals surface area contributed by atoms with Gasteiger partial charge in [-0.05, 0) is 55.5 Å². The smallest absolute Gasteiger partial charge is 0.256 e. The van der Waals surface area contributed by atoms with E-state index in [9.17, 15) is 18.4 Å². The van der Waals surface area contributed by atoms with Crippen LogP contribution in [0, 0.1) is 17.6 Å². The molecule has 0 radical (unpaired) electrons. The predicted octanol–water partition coefficient (Wildman–Crippen LogP) is 4.07. The monoisotopic (exact) mass is 440 g/mol. The summed E-state index contributed by atoms with van der Waals surface area (Å²) in [4.78, 5) is 30.6. The summed E-state index contributed by atoms with van der Waals surface area (Å²) in [7, 11) is 0. The molecule has 8 heteroatoms. The van der Waals surface area contributed by atoms with Gasteiger partial charge in [-0.3, -0.25) is 9.59 Å². The molecular formula is C24H26F2N4O2. The van der Waals surface area contributed by atoms with Gasteiger partial charge in [0.25, 0.3) is 11.8 Å². The number of unbranched alkanes of at least 4 members (excludes halogenated alkanes) is 1. The molecule has 0 aliphatic carbocycles. The van der Waals surface area contributed by atoms with Gasteiger partial charge in [0.05, 0.1) is 11.1 Å². The summed E-state index contributed by atoms with van der Waals surface area (Å²) in [5.74, 6) is -1.35. The Morgan fingerprint density at radius 1 is 1.09 bits per heavy atom. The summed E-state index contributed by atoms with van der Waals surface area (Å²) < 4.78 is 29.0. The Morgan fingerprint density at radius 3 is 2.72 bits per heavy atom. The number of rotatable bonds is 7. The molecule has 4 rings (SSSR count). The van der Waals surface area contributed by atoms with Crippen LogP contribution in [-0.4, -0.2) is 45.7 Å². The summed E-state index contributed by atoms with van der Waals surface area (Å²) in [5.41, 5.74) is 1.20. The first-order valence-electron chi connectivity index (χ1n) is 11.0. The van der Waals surface area contributed by atoms with E-state index in [-0.39, 0.29) is 11.5 Å². The molecule has 1 saturated heterocycles. The summed E-state index contributed by atoms with van der Waals surface area (Å²) in [6.07, 6.45) is 9.84. The van der Waals surface area contributed by atoms with Crippen LogP contribution < -0.4 is 5.32 Å². The van der Waals surface area contributed by atoms with Crippen LogP contribution in [0.3, 0.4) is 0 Å². The molecule has 1 aromatic carbocycles. The zero-order valence-electron chi connectivity index (χ0n) is 17.8. The van der Waals surface area contributed by atoms with Crippen molar-refractivity contribution in [3.05, 3.63) is 71.7 Å². The fraction of sp³-hybridized carbons (Fsp3) is 0.375. The van der Waals surface area contributed by atoms with Gasteiger partial charge in [-0.2, -0.15) is 0 Å². The average molecular weight is 440 g/mol. The van der Waals surface area contributed by atoms with Crippen LogP contribution in [0.15, 0.2) is 48.9 Å². The minimum Gasteiger partial charge on any atom is -0.352 e. The highest BCUT2D eigenvalue weighted by atomic mass is 19.1. The van der Waals surface area contributed by atoms with Gasteiger partial charge in [-0.25, -0.2) is 13.8 Å². The number of aromatic nitrogens is 2. The Balaban J connectivity index is 1.15. The van der Waals surface area contributed by atoms with Crippen molar-refractivity contribution in [3.63, 3.8) is 0 Å². The van der Waals surface area contributed by atoms with Gasteiger partial charge in [0.1, 0.15) is 17.3 Å². The highest BCUT2D eigenvalue weighted by Gasteiger charge is 2.25. The Hall–Kier alpha value is -3.29. The van der Waals surface area contributed by atoms with E-state index in [4.69, 9.17) is 0 Å². The van der Waals surface area contributed by atoms with Crippen molar-refractivity contribution >= 4 is 17.5 Å². The number of imidazole rings is 1. The first-order chi connectivity index (χ1) is 15.5. The number of pyridine rings is 1. The minimum atomic E-state index is -0.689. The zero-order chi connectivity index (χ0) is 22.5. The molecule has 1 aliphatic heterocycles. The van der Waals surface area contributed by atoms with Gasteiger partial charge in [0, 0.05) is 38.2 Å². The van der Waals surface area contributed by atoms with Crippen LogP contribution in [0.1, 0.15) is 52.8 Å². The molecule has 0 bridgehead atoms. The molecule has 0 atom stereocenters. The van der Waals surface area contributed by atoms with Crippen LogP contribution in [0.4, 0.5) is 8.78 Å². The first kappa shape index (κ1) is 21.9. The van der Waals surface area contributed by atoms with E-state index in [1.807, 2.05) is 10.5 Å². The van der Waals surface area contributed by atoms with E-state index in [2.05, 4.69) is 10.3 Å². The van der Waals surface area contributed by atoms with Crippen molar-refractivity contribution in [1.29, 1.82) is 0 Å². The number of carbonyl (C=O) groups is 2. The third-order valence-corrected chi connectivity index (χ3v) is 6.04. The molecular weight excluding hydrogens is 414 g/mol. The summed E-state index contributed by atoms with van der Waals surface area (Å²) in [6, 6.07) is 6.55. The van der Waals surface area contributed by atoms with E-state index in [1.165, 1.54) is 0 Å². The number of nitrogens with one attached hydrogen (secondary N) is 1. The highest BCUT2D eigenvalue weighted by molar-refractivity contribution is 5.94. The highest BCUT2D eigenvalue weighted by Crippen LogP contribution is 2.24. The van der Waals surface area contributed by atoms with E-state index >= 15 is 0 Å². The number of fused-ring (bicyclic) bond motifs is 1. The number of likely N-dealkylation sites (tertiary alicyclic amines) is 1. The van der Waals surface area contributed by atoms with Crippen LogP contribution in [-0.2, 0) is 0 Å². The lowest BCUT2D eigenvalue weighted by molar-refractivity contribution is 0.0680. The quantitative estimate of drug-likeness (QED) is 0.564. The molecule has 6 nitrogen and oxygen atoms in total. The molecule has 3 aromatic rings. The van der Waals surface area contributed by atoms with Crippen LogP contribution in [0.25, 0.3) is 5.65 Å². The van der Waals surface area contributed by atoms with Gasteiger partial charge in [0.15, 0.2) is 0 Å². The fourth-order valence-corrected chi connectivity index (χ4v) is 4.17. The predicted molar refractivity (Wildman–Crippen MR) is 116 cm³/mol. The number of piperidine rings is 1. The molecule has 2 amide bonds. The molecule has 168 valence electrons. The summed E-state index contributed by atoms with van der Waals surface area (Å²) in [5, 5.41) is 2.95. The number of benzene rings is 1. The van der Waals surface area contributed by atoms with Crippen LogP contribution in [0.5, 0.6) is 0 Å². The molecule has 3 heterocycles. The van der Waals surface area contributed by atoms with Crippen molar-refractivity contribution in [3.8, 4) is 0 Å². The molecule has 32 heavy (non-hydrogen) atoms. The van der Waals surface area contributed by atoms with Crippen LogP contribution in [0.2, 0.25) is 0 Å². The molecule has 1 N–H and O–H groups in total. The second-order valence-electron chi connectivity index (χ2n) is 8.22. The molecule has 0 unspecified atom stereocenters. The third-order valence-electron chi connectivity index (χ3n) is 6.04. The number of hydrogen-bond acceptors (Lipinski definition) is 3. The van der Waals surface area contributed by atoms with Gasteiger partial charge >= 0.3 is 0 Å². The lowest BCUT2D eigenvalue weighted by atomic mass is 9.91. The van der Waals surface area contributed by atoms with Crippen molar-refractivity contribution in [2.45, 2.75) is 32.1 Å². The lowest BCUT2D eigenvalue weighted by Gasteiger charge is -2.32. The second-order valence-corrected chi connectivity index (χ2v) is 8.22. The normalized spacial score (nSPS) is 14.6. The number of halogens is 2. The maximum Gasteiger partial charge on any atom is 0.256 e. The fourth-order valence-electron chi connectivity index (χ4n) is 4.17. The standard InChI is InChI=1S/C24H26F2N4O2/c25-19-5-6-21(26)20(15-19)24(32)29-12-8-17(9-13-29)3-1-2-10-28-23(31)18-4-7-22-27-11-14-30(22)16-18/h4-7,11,14-17H,1-3,8-10,12-13H2,(H,28,31). The average Bonchev–Trinajstić information content (AvgIpc) is 3.28. The van der Waals surface area contributed by atoms with Crippen molar-refractivity contribution in [2.75, 3.05) is 19.6 Å². The largest absolute Gasteiger partial charge is 0.352 e. The topological polar surface area (TPSA) is 66.7 Å². The van der Waals surface area contributed by atoms with E-state index in [0.717, 1.165) is 56.0 Å². The van der Waals surface area contributed by atoms with E-state index in [0.29, 0.717) is 31.1 Å². The first-order valence-corrected chi connectivity index (χ1v) is 11.0. The summed E-state index contributed by atoms with van der Waals surface area (Å²) in [6.45, 7) is 1.71. The molecule has 1 fully saturated rings. The number of hydrogen-bond donors (Lipinski definition) is 1. The Labute approximate surface area is 185 Å². The SMILES string of the molecule is O=C(NCCCCC1CCN(C(=O)c2cc(F)ccc2F)CC1)c1ccc2nccn2c1. The summed E-state index contributed by atoms with van der Waals surface area (Å²) >= 11 is 0. The maximum atomic E-state index is 13.9. The lowest BCUT2D eigenvalue weighted by Crippen LogP contribution is -2.39. The number of carbonyl (C=O) groups excluding carboxylic acids is 2. The minimum absolute atomic E-state index is 0.1000. The molecule has 2 aromatic heterocycles. The Bertz CT molecular complexity index is 1110. The van der Waals surface area contributed by atoms with Gasteiger partial charge in [0.2, 0.25) is 0 Å². The zero-order valence-corrected chi connectivity index (χ0v) is 17.8. The van der Waals surface area contributed by atoms with Gasteiger partial charge in [-0.1, -0.05) is 12.8 Å².